The van der Waals surface area contributed by atoms with Crippen molar-refractivity contribution in [3.63, 3.8) is 0 Å². The Balaban J connectivity index is 2.52. The average Bonchev–Trinajstić information content (AvgIpc) is 2.35. The molecule has 0 heterocycles. The van der Waals surface area contributed by atoms with Crippen LogP contribution in [0, 0.1) is 0 Å². The van der Waals surface area contributed by atoms with E-state index < -0.39 is 0 Å². The average molecular weight is 234 g/mol. The molecule has 1 rings (SSSR count). The van der Waals surface area contributed by atoms with Gasteiger partial charge >= 0.3 is 0 Å². The van der Waals surface area contributed by atoms with Gasteiger partial charge in [0.15, 0.2) is 0 Å². The van der Waals surface area contributed by atoms with Crippen LogP contribution in [0.5, 0.6) is 0 Å². The van der Waals surface area contributed by atoms with Crippen LogP contribution < -0.4 is 5.32 Å². The van der Waals surface area contributed by atoms with Crippen molar-refractivity contribution in [2.24, 2.45) is 0 Å². The second kappa shape index (κ2) is 6.40. The molecule has 94 valence electrons. The summed E-state index contributed by atoms with van der Waals surface area (Å²) >= 11 is 0. The van der Waals surface area contributed by atoms with Gasteiger partial charge in [0.2, 0.25) is 0 Å². The number of aryl methyl sites for hydroxylation is 1. The zero-order valence-electron chi connectivity index (χ0n) is 11.2. The van der Waals surface area contributed by atoms with Gasteiger partial charge in [-0.05, 0) is 45.1 Å². The zero-order chi connectivity index (χ0) is 12.8. The van der Waals surface area contributed by atoms with Crippen LogP contribution in [0.1, 0.15) is 29.8 Å². The lowest BCUT2D eigenvalue weighted by molar-refractivity contribution is 0.0943. The van der Waals surface area contributed by atoms with Gasteiger partial charge in [-0.3, -0.25) is 4.79 Å². The number of likely N-dealkylation sites (N-methyl/N-ethyl adjacent to an activating group) is 1. The molecule has 3 nitrogen and oxygen atoms in total. The number of hydrogen-bond donors (Lipinski definition) is 1. The van der Waals surface area contributed by atoms with E-state index in [0.29, 0.717) is 12.6 Å². The first-order valence-electron chi connectivity index (χ1n) is 6.08. The van der Waals surface area contributed by atoms with Crippen molar-refractivity contribution in [2.75, 3.05) is 20.6 Å². The van der Waals surface area contributed by atoms with Crippen molar-refractivity contribution in [3.05, 3.63) is 35.4 Å². The molecule has 0 saturated heterocycles. The maximum atomic E-state index is 11.8. The van der Waals surface area contributed by atoms with E-state index in [0.717, 1.165) is 12.0 Å². The third kappa shape index (κ3) is 4.19. The smallest absolute Gasteiger partial charge is 0.251 e. The Morgan fingerprint density at radius 2 is 1.88 bits per heavy atom. The van der Waals surface area contributed by atoms with Crippen LogP contribution in [-0.2, 0) is 6.42 Å². The van der Waals surface area contributed by atoms with E-state index in [9.17, 15) is 4.79 Å². The molecule has 0 unspecified atom stereocenters. The maximum Gasteiger partial charge on any atom is 0.251 e. The van der Waals surface area contributed by atoms with E-state index in [1.807, 2.05) is 38.4 Å². The summed E-state index contributed by atoms with van der Waals surface area (Å²) in [5, 5.41) is 2.94. The summed E-state index contributed by atoms with van der Waals surface area (Å²) in [6.45, 7) is 4.86. The summed E-state index contributed by atoms with van der Waals surface area (Å²) in [6.07, 6.45) is 1.000. The van der Waals surface area contributed by atoms with Crippen LogP contribution >= 0.6 is 0 Å². The third-order valence-corrected chi connectivity index (χ3v) is 3.06. The predicted octanol–water partition coefficient (Wildman–Crippen LogP) is 1.93. The Morgan fingerprint density at radius 1 is 1.29 bits per heavy atom. The summed E-state index contributed by atoms with van der Waals surface area (Å²) in [5.74, 6) is 0.00125. The first-order chi connectivity index (χ1) is 8.04. The van der Waals surface area contributed by atoms with E-state index in [2.05, 4.69) is 24.1 Å². The summed E-state index contributed by atoms with van der Waals surface area (Å²) in [7, 11) is 4.01. The Hall–Kier alpha value is -1.35. The molecule has 0 aliphatic heterocycles. The molecule has 0 spiro atoms. The Labute approximate surface area is 104 Å². The first-order valence-corrected chi connectivity index (χ1v) is 6.08. The van der Waals surface area contributed by atoms with Gasteiger partial charge in [-0.25, -0.2) is 0 Å². The van der Waals surface area contributed by atoms with Gasteiger partial charge in [0, 0.05) is 18.2 Å². The van der Waals surface area contributed by atoms with Crippen molar-refractivity contribution in [3.8, 4) is 0 Å². The molecular formula is C14H22N2O. The highest BCUT2D eigenvalue weighted by molar-refractivity contribution is 5.94. The van der Waals surface area contributed by atoms with E-state index in [4.69, 9.17) is 0 Å². The van der Waals surface area contributed by atoms with Crippen LogP contribution in [0.15, 0.2) is 24.3 Å². The van der Waals surface area contributed by atoms with Crippen LogP contribution in [0.25, 0.3) is 0 Å². The molecule has 1 aromatic rings. The lowest BCUT2D eigenvalue weighted by Crippen LogP contribution is -2.38. The SMILES string of the molecule is CCc1ccc(C(=O)NC[C@H](C)N(C)C)cc1. The number of benzene rings is 1. The number of carbonyl (C=O) groups is 1. The van der Waals surface area contributed by atoms with Gasteiger partial charge in [0.25, 0.3) is 5.91 Å². The van der Waals surface area contributed by atoms with E-state index in [1.165, 1.54) is 5.56 Å². The summed E-state index contributed by atoms with van der Waals surface area (Å²) in [5.41, 5.74) is 1.98. The maximum absolute atomic E-state index is 11.8. The minimum atomic E-state index is 0.00125. The molecule has 0 aliphatic carbocycles. The molecule has 0 aromatic heterocycles. The van der Waals surface area contributed by atoms with Crippen molar-refractivity contribution in [1.29, 1.82) is 0 Å². The number of amides is 1. The van der Waals surface area contributed by atoms with Crippen LogP contribution in [0.4, 0.5) is 0 Å². The topological polar surface area (TPSA) is 32.3 Å². The quantitative estimate of drug-likeness (QED) is 0.844. The number of hydrogen-bond acceptors (Lipinski definition) is 2. The molecule has 0 aliphatic rings. The van der Waals surface area contributed by atoms with Gasteiger partial charge in [-0.2, -0.15) is 0 Å². The molecule has 0 fully saturated rings. The predicted molar refractivity (Wildman–Crippen MR) is 71.3 cm³/mol. The van der Waals surface area contributed by atoms with E-state index >= 15 is 0 Å². The second-order valence-electron chi connectivity index (χ2n) is 4.57. The highest BCUT2D eigenvalue weighted by atomic mass is 16.1. The van der Waals surface area contributed by atoms with E-state index in [-0.39, 0.29) is 5.91 Å². The number of carbonyl (C=O) groups excluding carboxylic acids is 1. The zero-order valence-corrected chi connectivity index (χ0v) is 11.2. The summed E-state index contributed by atoms with van der Waals surface area (Å²) in [6, 6.07) is 8.12. The van der Waals surface area contributed by atoms with E-state index in [1.54, 1.807) is 0 Å². The van der Waals surface area contributed by atoms with Gasteiger partial charge in [0.1, 0.15) is 0 Å². The molecular weight excluding hydrogens is 212 g/mol. The summed E-state index contributed by atoms with van der Waals surface area (Å²) in [4.78, 5) is 13.9. The van der Waals surface area contributed by atoms with Gasteiger partial charge in [0.05, 0.1) is 0 Å². The summed E-state index contributed by atoms with van der Waals surface area (Å²) < 4.78 is 0. The van der Waals surface area contributed by atoms with Gasteiger partial charge in [-0.1, -0.05) is 19.1 Å². The lowest BCUT2D eigenvalue weighted by atomic mass is 10.1. The minimum Gasteiger partial charge on any atom is -0.350 e. The molecule has 1 atom stereocenters. The monoisotopic (exact) mass is 234 g/mol. The van der Waals surface area contributed by atoms with Crippen molar-refractivity contribution in [2.45, 2.75) is 26.3 Å². The van der Waals surface area contributed by atoms with Gasteiger partial charge in [-0.15, -0.1) is 0 Å². The Bertz CT molecular complexity index is 357. The molecule has 1 N–H and O–H groups in total. The standard InChI is InChI=1S/C14H22N2O/c1-5-12-6-8-13(9-7-12)14(17)15-10-11(2)16(3)4/h6-9,11H,5,10H2,1-4H3,(H,15,17)/t11-/m0/s1. The van der Waals surface area contributed by atoms with Crippen LogP contribution in [-0.4, -0.2) is 37.5 Å². The molecule has 3 heteroatoms. The number of nitrogens with zero attached hydrogens (tertiary/aromatic N) is 1. The van der Waals surface area contributed by atoms with Crippen molar-refractivity contribution >= 4 is 5.91 Å². The van der Waals surface area contributed by atoms with Crippen LogP contribution in [0.2, 0.25) is 0 Å². The highest BCUT2D eigenvalue weighted by Gasteiger charge is 2.08. The highest BCUT2D eigenvalue weighted by Crippen LogP contribution is 2.05. The first kappa shape index (κ1) is 13.7. The van der Waals surface area contributed by atoms with Crippen molar-refractivity contribution in [1.82, 2.24) is 10.2 Å². The fourth-order valence-electron chi connectivity index (χ4n) is 1.42. The Morgan fingerprint density at radius 3 is 2.35 bits per heavy atom. The third-order valence-electron chi connectivity index (χ3n) is 3.06. The molecule has 1 amide bonds. The number of rotatable bonds is 5. The second-order valence-corrected chi connectivity index (χ2v) is 4.57. The molecule has 0 saturated carbocycles. The van der Waals surface area contributed by atoms with Crippen molar-refractivity contribution < 1.29 is 4.79 Å². The molecule has 0 radical (unpaired) electrons. The Kier molecular flexibility index (Phi) is 5.16. The molecule has 0 bridgehead atoms. The molecule has 17 heavy (non-hydrogen) atoms. The largest absolute Gasteiger partial charge is 0.350 e. The number of nitrogens with one attached hydrogen (secondary N) is 1. The normalized spacial score (nSPS) is 12.5. The minimum absolute atomic E-state index is 0.00125. The molecule has 1 aromatic carbocycles. The fraction of sp³-hybridized carbons (Fsp3) is 0.500. The fourth-order valence-corrected chi connectivity index (χ4v) is 1.42. The van der Waals surface area contributed by atoms with Gasteiger partial charge < -0.3 is 10.2 Å². The van der Waals surface area contributed by atoms with Crippen LogP contribution in [0.3, 0.4) is 0 Å². The lowest BCUT2D eigenvalue weighted by Gasteiger charge is -2.19.